The van der Waals surface area contributed by atoms with Crippen molar-refractivity contribution in [3.05, 3.63) is 53.6 Å². The molecule has 0 spiro atoms. The molecule has 3 amide bonds. The highest BCUT2D eigenvalue weighted by Crippen LogP contribution is 2.38. The molecule has 0 aromatic heterocycles. The zero-order valence-corrected chi connectivity index (χ0v) is 19.3. The van der Waals surface area contributed by atoms with Crippen molar-refractivity contribution >= 4 is 34.5 Å². The van der Waals surface area contributed by atoms with Crippen molar-refractivity contribution in [1.29, 1.82) is 0 Å². The maximum Gasteiger partial charge on any atom is 0.289 e. The van der Waals surface area contributed by atoms with Crippen molar-refractivity contribution in [1.82, 2.24) is 9.91 Å². The number of nitrogens with zero attached hydrogens (tertiary/aromatic N) is 3. The van der Waals surface area contributed by atoms with Gasteiger partial charge in [-0.2, -0.15) is 5.10 Å². The number of thioether (sulfide) groups is 1. The molecule has 2 heterocycles. The van der Waals surface area contributed by atoms with Crippen LogP contribution in [0.3, 0.4) is 0 Å². The summed E-state index contributed by atoms with van der Waals surface area (Å²) < 4.78 is 16.1. The van der Waals surface area contributed by atoms with E-state index < -0.39 is 17.2 Å². The second-order valence-corrected chi connectivity index (χ2v) is 8.31. The monoisotopic (exact) mass is 469 g/mol. The third kappa shape index (κ3) is 4.51. The minimum absolute atomic E-state index is 0.0452. The van der Waals surface area contributed by atoms with Crippen LogP contribution in [0.15, 0.2) is 47.6 Å². The van der Waals surface area contributed by atoms with E-state index in [2.05, 4.69) is 5.10 Å². The molecule has 33 heavy (non-hydrogen) atoms. The predicted molar refractivity (Wildman–Crippen MR) is 123 cm³/mol. The molecule has 1 atom stereocenters. The third-order valence-corrected chi connectivity index (χ3v) is 6.35. The van der Waals surface area contributed by atoms with Gasteiger partial charge in [-0.05, 0) is 29.8 Å². The molecule has 1 fully saturated rings. The average Bonchev–Trinajstić information content (AvgIpc) is 3.43. The fourth-order valence-electron chi connectivity index (χ4n) is 3.78. The molecule has 4 rings (SSSR count). The average molecular weight is 470 g/mol. The Hall–Kier alpha value is -3.53. The zero-order chi connectivity index (χ0) is 23.5. The normalized spacial score (nSPS) is 17.9. The highest BCUT2D eigenvalue weighted by molar-refractivity contribution is 8.14. The van der Waals surface area contributed by atoms with Crippen LogP contribution in [0.2, 0.25) is 0 Å². The Morgan fingerprint density at radius 3 is 2.52 bits per heavy atom. The number of ether oxygens (including phenoxy) is 3. The molecule has 0 bridgehead atoms. The van der Waals surface area contributed by atoms with Crippen LogP contribution < -0.4 is 14.2 Å². The lowest BCUT2D eigenvalue weighted by molar-refractivity contribution is -0.137. The van der Waals surface area contributed by atoms with Gasteiger partial charge in [0.1, 0.15) is 12.3 Å². The summed E-state index contributed by atoms with van der Waals surface area (Å²) in [7, 11) is 4.68. The number of rotatable bonds is 7. The summed E-state index contributed by atoms with van der Waals surface area (Å²) in [5.74, 6) is 0.987. The minimum Gasteiger partial charge on any atom is -0.497 e. The number of carbonyl (C=O) groups is 3. The Balaban J connectivity index is 1.69. The van der Waals surface area contributed by atoms with Crippen molar-refractivity contribution < 1.29 is 28.6 Å². The second-order valence-electron chi connectivity index (χ2n) is 7.39. The first-order valence-corrected chi connectivity index (χ1v) is 11.2. The number of amides is 3. The molecule has 2 aliphatic heterocycles. The molecule has 0 aliphatic carbocycles. The molecule has 2 aliphatic rings. The van der Waals surface area contributed by atoms with Gasteiger partial charge in [-0.15, -0.1) is 0 Å². The Morgan fingerprint density at radius 2 is 1.85 bits per heavy atom. The summed E-state index contributed by atoms with van der Waals surface area (Å²) in [6.45, 7) is -0.358. The number of hydrazone groups is 1. The molecule has 0 saturated carbocycles. The fourth-order valence-corrected chi connectivity index (χ4v) is 4.50. The molecule has 2 aromatic rings. The fraction of sp³-hybridized carbons (Fsp3) is 0.304. The summed E-state index contributed by atoms with van der Waals surface area (Å²) in [5.41, 5.74) is 2.30. The van der Waals surface area contributed by atoms with Gasteiger partial charge < -0.3 is 14.2 Å². The number of benzene rings is 2. The molecule has 2 aromatic carbocycles. The molecule has 0 N–H and O–H groups in total. The SMILES string of the molecule is COc1cccc(C2=NN(C(=O)CN3C(=O)CSC3=O)C(c3ccc(OC)c(OC)c3)C2)c1. The van der Waals surface area contributed by atoms with Gasteiger partial charge >= 0.3 is 0 Å². The van der Waals surface area contributed by atoms with E-state index in [0.29, 0.717) is 29.4 Å². The van der Waals surface area contributed by atoms with Crippen molar-refractivity contribution in [2.45, 2.75) is 12.5 Å². The van der Waals surface area contributed by atoms with Crippen LogP contribution in [0.4, 0.5) is 4.79 Å². The third-order valence-electron chi connectivity index (χ3n) is 5.50. The topological polar surface area (TPSA) is 97.7 Å². The standard InChI is InChI=1S/C23H23N3O6S/c1-30-16-6-4-5-14(9-16)17-11-18(15-7-8-19(31-2)20(10-15)32-3)26(24-17)21(27)12-25-22(28)13-33-23(25)29/h4-10,18H,11-13H2,1-3H3. The molecule has 172 valence electrons. The van der Waals surface area contributed by atoms with Gasteiger partial charge in [0.2, 0.25) is 5.91 Å². The van der Waals surface area contributed by atoms with Gasteiger partial charge in [0, 0.05) is 12.0 Å². The van der Waals surface area contributed by atoms with Gasteiger partial charge in [-0.3, -0.25) is 19.3 Å². The molecular formula is C23H23N3O6S. The number of methoxy groups -OCH3 is 3. The Kier molecular flexibility index (Phi) is 6.55. The van der Waals surface area contributed by atoms with E-state index in [1.807, 2.05) is 30.3 Å². The van der Waals surface area contributed by atoms with Crippen LogP contribution in [0.5, 0.6) is 17.2 Å². The Labute approximate surface area is 195 Å². The van der Waals surface area contributed by atoms with Crippen LogP contribution in [0, 0.1) is 0 Å². The lowest BCUT2D eigenvalue weighted by Gasteiger charge is -2.24. The van der Waals surface area contributed by atoms with Crippen LogP contribution in [-0.2, 0) is 9.59 Å². The smallest absolute Gasteiger partial charge is 0.289 e. The van der Waals surface area contributed by atoms with Crippen LogP contribution in [0.1, 0.15) is 23.6 Å². The lowest BCUT2D eigenvalue weighted by Crippen LogP contribution is -2.40. The first-order valence-electron chi connectivity index (χ1n) is 10.2. The number of hydrogen-bond acceptors (Lipinski definition) is 8. The molecule has 1 unspecified atom stereocenters. The Morgan fingerprint density at radius 1 is 1.06 bits per heavy atom. The predicted octanol–water partition coefficient (Wildman–Crippen LogP) is 3.09. The van der Waals surface area contributed by atoms with E-state index >= 15 is 0 Å². The van der Waals surface area contributed by atoms with E-state index in [9.17, 15) is 14.4 Å². The zero-order valence-electron chi connectivity index (χ0n) is 18.4. The summed E-state index contributed by atoms with van der Waals surface area (Å²) >= 11 is 0.892. The quantitative estimate of drug-likeness (QED) is 0.615. The highest BCUT2D eigenvalue weighted by Gasteiger charge is 2.38. The molecule has 1 saturated heterocycles. The van der Waals surface area contributed by atoms with Crippen molar-refractivity contribution in [3.8, 4) is 17.2 Å². The van der Waals surface area contributed by atoms with E-state index in [0.717, 1.165) is 27.8 Å². The van der Waals surface area contributed by atoms with Crippen molar-refractivity contribution in [2.24, 2.45) is 5.10 Å². The molecule has 10 heteroatoms. The van der Waals surface area contributed by atoms with E-state index in [1.54, 1.807) is 33.5 Å². The van der Waals surface area contributed by atoms with Crippen LogP contribution in [0.25, 0.3) is 0 Å². The van der Waals surface area contributed by atoms with Crippen LogP contribution in [-0.4, -0.2) is 66.3 Å². The van der Waals surface area contributed by atoms with Gasteiger partial charge in [-0.25, -0.2) is 5.01 Å². The molecule has 0 radical (unpaired) electrons. The van der Waals surface area contributed by atoms with Gasteiger partial charge in [0.05, 0.1) is 38.8 Å². The second kappa shape index (κ2) is 9.53. The maximum atomic E-state index is 13.2. The molecular weight excluding hydrogens is 446 g/mol. The number of hydrogen-bond donors (Lipinski definition) is 0. The summed E-state index contributed by atoms with van der Waals surface area (Å²) in [5, 5.41) is 5.52. The Bertz CT molecular complexity index is 1120. The first kappa shape index (κ1) is 22.7. The van der Waals surface area contributed by atoms with Crippen molar-refractivity contribution in [2.75, 3.05) is 33.6 Å². The highest BCUT2D eigenvalue weighted by atomic mass is 32.2. The summed E-state index contributed by atoms with van der Waals surface area (Å²) in [4.78, 5) is 38.3. The summed E-state index contributed by atoms with van der Waals surface area (Å²) in [6.07, 6.45) is 0.436. The minimum atomic E-state index is -0.447. The summed E-state index contributed by atoms with van der Waals surface area (Å²) in [6, 6.07) is 12.4. The van der Waals surface area contributed by atoms with Gasteiger partial charge in [-0.1, -0.05) is 30.0 Å². The van der Waals surface area contributed by atoms with Crippen molar-refractivity contribution in [3.63, 3.8) is 0 Å². The van der Waals surface area contributed by atoms with Gasteiger partial charge in [0.25, 0.3) is 11.1 Å². The molecule has 9 nitrogen and oxygen atoms in total. The lowest BCUT2D eigenvalue weighted by atomic mass is 9.98. The number of imide groups is 1. The largest absolute Gasteiger partial charge is 0.497 e. The van der Waals surface area contributed by atoms with Crippen LogP contribution >= 0.6 is 11.8 Å². The first-order chi connectivity index (χ1) is 15.9. The maximum absolute atomic E-state index is 13.2. The van der Waals surface area contributed by atoms with Gasteiger partial charge in [0.15, 0.2) is 11.5 Å². The van der Waals surface area contributed by atoms with E-state index in [1.165, 1.54) is 5.01 Å². The number of carbonyl (C=O) groups excluding carboxylic acids is 3. The van der Waals surface area contributed by atoms with E-state index in [4.69, 9.17) is 14.2 Å². The van der Waals surface area contributed by atoms with E-state index in [-0.39, 0.29) is 18.2 Å².